The maximum atomic E-state index is 11.8. The lowest BCUT2D eigenvalue weighted by molar-refractivity contribution is -0.119. The lowest BCUT2D eigenvalue weighted by Crippen LogP contribution is -2.40. The van der Waals surface area contributed by atoms with Crippen molar-refractivity contribution in [3.8, 4) is 11.1 Å². The fourth-order valence-corrected chi connectivity index (χ4v) is 4.27. The number of carbonyl (C=O) groups is 1. The Morgan fingerprint density at radius 2 is 2.08 bits per heavy atom. The van der Waals surface area contributed by atoms with E-state index in [4.69, 9.17) is 17.3 Å². The Morgan fingerprint density at radius 3 is 2.83 bits per heavy atom. The summed E-state index contributed by atoms with van der Waals surface area (Å²) in [5, 5.41) is 3.74. The van der Waals surface area contributed by atoms with Crippen LogP contribution in [0, 0.1) is 0 Å². The van der Waals surface area contributed by atoms with Gasteiger partial charge >= 0.3 is 0 Å². The molecular weight excluding hydrogens is 344 g/mol. The number of nitrogens with two attached hydrogens (primary N) is 1. The van der Waals surface area contributed by atoms with Crippen molar-refractivity contribution in [2.45, 2.75) is 18.9 Å². The van der Waals surface area contributed by atoms with Gasteiger partial charge in [0.15, 0.2) is 0 Å². The number of thiophene rings is 1. The smallest absolute Gasteiger partial charge is 0.240 e. The summed E-state index contributed by atoms with van der Waals surface area (Å²) < 4.78 is 0. The Morgan fingerprint density at radius 1 is 1.29 bits per heavy atom. The normalized spacial score (nSPS) is 17.5. The van der Waals surface area contributed by atoms with E-state index in [2.05, 4.69) is 15.3 Å². The van der Waals surface area contributed by atoms with Gasteiger partial charge in [0.2, 0.25) is 5.91 Å². The molecule has 0 saturated carbocycles. The molecule has 0 radical (unpaired) electrons. The second kappa shape index (κ2) is 6.03. The van der Waals surface area contributed by atoms with Crippen LogP contribution in [0.25, 0.3) is 21.3 Å². The third kappa shape index (κ3) is 2.52. The van der Waals surface area contributed by atoms with E-state index in [0.717, 1.165) is 46.5 Å². The number of benzene rings is 1. The summed E-state index contributed by atoms with van der Waals surface area (Å²) >= 11 is 7.57. The van der Waals surface area contributed by atoms with Crippen LogP contribution in [0.15, 0.2) is 36.0 Å². The van der Waals surface area contributed by atoms with E-state index in [1.807, 2.05) is 29.2 Å². The molecule has 4 rings (SSSR count). The molecule has 122 valence electrons. The van der Waals surface area contributed by atoms with E-state index < -0.39 is 0 Å². The summed E-state index contributed by atoms with van der Waals surface area (Å²) in [6, 6.07) is 7.39. The lowest BCUT2D eigenvalue weighted by Gasteiger charge is -2.24. The van der Waals surface area contributed by atoms with E-state index >= 15 is 0 Å². The van der Waals surface area contributed by atoms with Crippen LogP contribution in [0.1, 0.15) is 12.8 Å². The number of nitrogens with zero attached hydrogens (tertiary/aromatic N) is 3. The second-order valence-corrected chi connectivity index (χ2v) is 7.08. The van der Waals surface area contributed by atoms with Crippen molar-refractivity contribution in [2.24, 2.45) is 5.73 Å². The molecule has 0 aliphatic carbocycles. The molecule has 1 aliphatic heterocycles. The quantitative estimate of drug-likeness (QED) is 0.778. The molecule has 7 heteroatoms. The minimum atomic E-state index is -0.305. The van der Waals surface area contributed by atoms with Crippen LogP contribution in [-0.4, -0.2) is 28.5 Å². The molecule has 1 aromatic carbocycles. The molecule has 24 heavy (non-hydrogen) atoms. The first-order chi connectivity index (χ1) is 11.6. The number of rotatable bonds is 3. The number of halogens is 1. The highest BCUT2D eigenvalue weighted by Gasteiger charge is 2.32. The third-order valence-electron chi connectivity index (χ3n) is 4.36. The third-order valence-corrected chi connectivity index (χ3v) is 5.50. The van der Waals surface area contributed by atoms with Crippen molar-refractivity contribution < 1.29 is 4.79 Å². The predicted molar refractivity (Wildman–Crippen MR) is 97.4 cm³/mol. The zero-order valence-corrected chi connectivity index (χ0v) is 14.3. The summed E-state index contributed by atoms with van der Waals surface area (Å²) in [4.78, 5) is 23.6. The molecule has 1 atom stereocenters. The molecule has 5 nitrogen and oxygen atoms in total. The Balaban J connectivity index is 1.89. The lowest BCUT2D eigenvalue weighted by atomic mass is 10.1. The number of amides is 1. The maximum Gasteiger partial charge on any atom is 0.240 e. The highest BCUT2D eigenvalue weighted by atomic mass is 35.5. The Hall–Kier alpha value is -2.18. The summed E-state index contributed by atoms with van der Waals surface area (Å²) in [6.07, 6.45) is 3.25. The average Bonchev–Trinajstić information content (AvgIpc) is 3.22. The summed E-state index contributed by atoms with van der Waals surface area (Å²) in [5.74, 6) is 0.482. The van der Waals surface area contributed by atoms with Crippen molar-refractivity contribution in [1.82, 2.24) is 9.97 Å². The highest BCUT2D eigenvalue weighted by molar-refractivity contribution is 7.17. The van der Waals surface area contributed by atoms with Crippen LogP contribution in [0.5, 0.6) is 0 Å². The number of carbonyl (C=O) groups excluding carboxylic acids is 1. The topological polar surface area (TPSA) is 72.1 Å². The van der Waals surface area contributed by atoms with Gasteiger partial charge in [-0.15, -0.1) is 11.3 Å². The minimum Gasteiger partial charge on any atom is -0.368 e. The first-order valence-corrected chi connectivity index (χ1v) is 8.95. The van der Waals surface area contributed by atoms with E-state index in [0.29, 0.717) is 5.02 Å². The first-order valence-electron chi connectivity index (χ1n) is 7.69. The number of hydrogen-bond donors (Lipinski definition) is 1. The monoisotopic (exact) mass is 358 g/mol. The van der Waals surface area contributed by atoms with E-state index in [1.165, 1.54) is 0 Å². The van der Waals surface area contributed by atoms with Gasteiger partial charge in [0.1, 0.15) is 23.0 Å². The zero-order valence-electron chi connectivity index (χ0n) is 12.8. The molecule has 0 unspecified atom stereocenters. The van der Waals surface area contributed by atoms with Gasteiger partial charge in [-0.25, -0.2) is 9.97 Å². The van der Waals surface area contributed by atoms with Crippen LogP contribution >= 0.6 is 22.9 Å². The summed E-state index contributed by atoms with van der Waals surface area (Å²) in [7, 11) is 0. The van der Waals surface area contributed by atoms with Gasteiger partial charge in [0.25, 0.3) is 0 Å². The van der Waals surface area contributed by atoms with E-state index in [9.17, 15) is 4.79 Å². The first kappa shape index (κ1) is 15.4. The number of fused-ring (bicyclic) bond motifs is 1. The molecule has 1 saturated heterocycles. The summed E-state index contributed by atoms with van der Waals surface area (Å²) in [5.41, 5.74) is 7.68. The van der Waals surface area contributed by atoms with Crippen LogP contribution in [0.2, 0.25) is 5.02 Å². The molecule has 0 spiro atoms. The largest absolute Gasteiger partial charge is 0.368 e. The van der Waals surface area contributed by atoms with Crippen molar-refractivity contribution in [3.05, 3.63) is 41.0 Å². The van der Waals surface area contributed by atoms with Crippen molar-refractivity contribution >= 4 is 44.9 Å². The Bertz CT molecular complexity index is 909. The van der Waals surface area contributed by atoms with Gasteiger partial charge in [-0.3, -0.25) is 4.79 Å². The van der Waals surface area contributed by atoms with Gasteiger partial charge in [0, 0.05) is 22.5 Å². The summed E-state index contributed by atoms with van der Waals surface area (Å²) in [6.45, 7) is 0.773. The molecule has 2 N–H and O–H groups in total. The zero-order chi connectivity index (χ0) is 16.7. The van der Waals surface area contributed by atoms with Crippen molar-refractivity contribution in [1.29, 1.82) is 0 Å². The van der Waals surface area contributed by atoms with Gasteiger partial charge in [0.05, 0.1) is 5.39 Å². The molecule has 1 aliphatic rings. The van der Waals surface area contributed by atoms with Crippen molar-refractivity contribution in [3.63, 3.8) is 0 Å². The van der Waals surface area contributed by atoms with E-state index in [1.54, 1.807) is 17.7 Å². The van der Waals surface area contributed by atoms with E-state index in [-0.39, 0.29) is 11.9 Å². The molecular formula is C17H15ClN4OS. The fraction of sp³-hybridized carbons (Fsp3) is 0.235. The van der Waals surface area contributed by atoms with Gasteiger partial charge in [-0.05, 0) is 30.5 Å². The average molecular weight is 359 g/mol. The molecule has 0 bridgehead atoms. The number of anilines is 1. The van der Waals surface area contributed by atoms with Crippen LogP contribution in [0.4, 0.5) is 5.82 Å². The number of aromatic nitrogens is 2. The maximum absolute atomic E-state index is 11.8. The molecule has 1 fully saturated rings. The fourth-order valence-electron chi connectivity index (χ4n) is 3.24. The van der Waals surface area contributed by atoms with Crippen LogP contribution in [0.3, 0.4) is 0 Å². The molecule has 3 heterocycles. The SMILES string of the molecule is NC(=O)[C@@H]1CCCN1c1ncnc2scc(-c3ccc(Cl)cc3)c12. The standard InChI is InChI=1S/C17H15ClN4OS/c18-11-5-3-10(4-6-11)12-8-24-17-14(12)16(20-9-21-17)22-7-1-2-13(22)15(19)23/h3-6,8-9,13H,1-2,7H2,(H2,19,23)/t13-/m0/s1. The van der Waals surface area contributed by atoms with Crippen LogP contribution < -0.4 is 10.6 Å². The number of primary amides is 1. The minimum absolute atomic E-state index is 0.303. The molecule has 3 aromatic rings. The number of hydrogen-bond acceptors (Lipinski definition) is 5. The molecule has 1 amide bonds. The van der Waals surface area contributed by atoms with Gasteiger partial charge in [-0.1, -0.05) is 23.7 Å². The highest BCUT2D eigenvalue weighted by Crippen LogP contribution is 2.39. The predicted octanol–water partition coefficient (Wildman–Crippen LogP) is 3.47. The van der Waals surface area contributed by atoms with Crippen molar-refractivity contribution in [2.75, 3.05) is 11.4 Å². The molecule has 2 aromatic heterocycles. The Kier molecular flexibility index (Phi) is 3.86. The Labute approximate surface area is 148 Å². The van der Waals surface area contributed by atoms with Crippen LogP contribution in [-0.2, 0) is 4.79 Å². The van der Waals surface area contributed by atoms with Gasteiger partial charge < -0.3 is 10.6 Å². The van der Waals surface area contributed by atoms with Gasteiger partial charge in [-0.2, -0.15) is 0 Å². The second-order valence-electron chi connectivity index (χ2n) is 5.79.